The number of thiophene rings is 1. The molecule has 0 saturated carbocycles. The first-order valence-electron chi connectivity index (χ1n) is 9.26. The summed E-state index contributed by atoms with van der Waals surface area (Å²) in [5.74, 6) is -1.62. The Hall–Kier alpha value is -4.04. The number of carbonyl (C=O) groups is 4. The summed E-state index contributed by atoms with van der Waals surface area (Å²) in [6.07, 6.45) is 1.39. The van der Waals surface area contributed by atoms with E-state index < -0.39 is 23.8 Å². The van der Waals surface area contributed by atoms with Gasteiger partial charge >= 0.3 is 12.0 Å². The van der Waals surface area contributed by atoms with Gasteiger partial charge in [0.05, 0.1) is 5.69 Å². The molecule has 2 aromatic carbocycles. The number of imide groups is 2. The normalized spacial score (nSPS) is 15.2. The van der Waals surface area contributed by atoms with E-state index in [-0.39, 0.29) is 5.57 Å². The van der Waals surface area contributed by atoms with Crippen LogP contribution in [-0.2, 0) is 9.59 Å². The Labute approximate surface area is 181 Å². The van der Waals surface area contributed by atoms with Crippen LogP contribution in [0.3, 0.4) is 0 Å². The largest absolute Gasteiger partial charge is 0.422 e. The zero-order valence-electron chi connectivity index (χ0n) is 16.3. The summed E-state index contributed by atoms with van der Waals surface area (Å²) in [6.45, 7) is 1.89. The molecule has 154 valence electrons. The van der Waals surface area contributed by atoms with Crippen LogP contribution in [0.4, 0.5) is 10.5 Å². The van der Waals surface area contributed by atoms with E-state index >= 15 is 0 Å². The van der Waals surface area contributed by atoms with Crippen LogP contribution in [0, 0.1) is 6.92 Å². The first kappa shape index (κ1) is 20.2. The Balaban J connectivity index is 1.56. The predicted molar refractivity (Wildman–Crippen MR) is 116 cm³/mol. The molecule has 7 nitrogen and oxygen atoms in total. The van der Waals surface area contributed by atoms with Crippen molar-refractivity contribution in [3.05, 3.63) is 87.6 Å². The number of nitrogens with zero attached hydrogens (tertiary/aromatic N) is 1. The number of hydrogen-bond donors (Lipinski definition) is 1. The lowest BCUT2D eigenvalue weighted by Crippen LogP contribution is -2.54. The Kier molecular flexibility index (Phi) is 5.46. The van der Waals surface area contributed by atoms with E-state index in [2.05, 4.69) is 5.32 Å². The van der Waals surface area contributed by atoms with Gasteiger partial charge in [0.25, 0.3) is 11.8 Å². The minimum atomic E-state index is -0.799. The van der Waals surface area contributed by atoms with Crippen molar-refractivity contribution in [3.63, 3.8) is 0 Å². The van der Waals surface area contributed by atoms with Crippen molar-refractivity contribution >= 4 is 46.9 Å². The first-order chi connectivity index (χ1) is 14.9. The molecule has 4 amide bonds. The fourth-order valence-electron chi connectivity index (χ4n) is 2.94. The summed E-state index contributed by atoms with van der Waals surface area (Å²) in [5, 5.41) is 3.97. The van der Waals surface area contributed by atoms with Gasteiger partial charge in [-0.25, -0.2) is 14.5 Å². The summed E-state index contributed by atoms with van der Waals surface area (Å²) >= 11 is 1.28. The lowest BCUT2D eigenvalue weighted by molar-refractivity contribution is -0.122. The number of aryl methyl sites for hydroxylation is 1. The summed E-state index contributed by atoms with van der Waals surface area (Å²) in [5.41, 5.74) is 1.69. The molecular formula is C23H16N2O5S. The number of esters is 1. The van der Waals surface area contributed by atoms with Crippen molar-refractivity contribution in [1.82, 2.24) is 5.32 Å². The lowest BCUT2D eigenvalue weighted by Gasteiger charge is -2.26. The standard InChI is InChI=1S/C23H16N2O5S/c1-14-4-8-16(9-5-14)25-21(27)18(20(26)24-23(25)29)13-15-6-10-17(11-7-15)30-22(28)19-3-2-12-31-19/h2-13H,1H3,(H,24,26,29)/b18-13-. The number of anilines is 1. The van der Waals surface area contributed by atoms with Gasteiger partial charge < -0.3 is 4.74 Å². The molecule has 0 atom stereocenters. The van der Waals surface area contributed by atoms with Crippen molar-refractivity contribution in [2.45, 2.75) is 6.92 Å². The van der Waals surface area contributed by atoms with Crippen LogP contribution in [0.2, 0.25) is 0 Å². The number of urea groups is 1. The Morgan fingerprint density at radius 2 is 1.71 bits per heavy atom. The van der Waals surface area contributed by atoms with Crippen LogP contribution in [0.5, 0.6) is 5.75 Å². The fourth-order valence-corrected chi connectivity index (χ4v) is 3.54. The smallest absolute Gasteiger partial charge is 0.353 e. The van der Waals surface area contributed by atoms with Crippen LogP contribution in [0.15, 0.2) is 71.6 Å². The number of hydrogen-bond acceptors (Lipinski definition) is 6. The lowest BCUT2D eigenvalue weighted by atomic mass is 10.1. The van der Waals surface area contributed by atoms with Crippen LogP contribution in [0.1, 0.15) is 20.8 Å². The van der Waals surface area contributed by atoms with E-state index in [0.29, 0.717) is 21.9 Å². The molecule has 0 aliphatic carbocycles. The Morgan fingerprint density at radius 1 is 1.00 bits per heavy atom. The number of carbonyl (C=O) groups excluding carboxylic acids is 4. The second kappa shape index (κ2) is 8.37. The van der Waals surface area contributed by atoms with Gasteiger partial charge in [0.2, 0.25) is 0 Å². The van der Waals surface area contributed by atoms with Gasteiger partial charge in [0.15, 0.2) is 0 Å². The van der Waals surface area contributed by atoms with Gasteiger partial charge in [-0.2, -0.15) is 0 Å². The van der Waals surface area contributed by atoms with Crippen molar-refractivity contribution in [2.75, 3.05) is 4.90 Å². The highest BCUT2D eigenvalue weighted by molar-refractivity contribution is 7.12. The molecular weight excluding hydrogens is 416 g/mol. The topological polar surface area (TPSA) is 92.8 Å². The van der Waals surface area contributed by atoms with Gasteiger partial charge in [-0.1, -0.05) is 35.9 Å². The third kappa shape index (κ3) is 4.29. The molecule has 2 heterocycles. The van der Waals surface area contributed by atoms with Crippen molar-refractivity contribution < 1.29 is 23.9 Å². The average Bonchev–Trinajstić information content (AvgIpc) is 3.29. The number of nitrogens with one attached hydrogen (secondary N) is 1. The summed E-state index contributed by atoms with van der Waals surface area (Å²) in [4.78, 5) is 50.8. The van der Waals surface area contributed by atoms with E-state index in [1.165, 1.54) is 17.4 Å². The summed E-state index contributed by atoms with van der Waals surface area (Å²) in [7, 11) is 0. The molecule has 4 rings (SSSR count). The van der Waals surface area contributed by atoms with Crippen LogP contribution < -0.4 is 15.0 Å². The quantitative estimate of drug-likeness (QED) is 0.292. The van der Waals surface area contributed by atoms with Gasteiger partial charge in [-0.15, -0.1) is 11.3 Å². The highest BCUT2D eigenvalue weighted by Crippen LogP contribution is 2.23. The zero-order valence-corrected chi connectivity index (χ0v) is 17.1. The molecule has 1 aromatic heterocycles. The number of ether oxygens (including phenoxy) is 1. The van der Waals surface area contributed by atoms with Gasteiger partial charge in [-0.05, 0) is 54.3 Å². The van der Waals surface area contributed by atoms with Crippen LogP contribution in [-0.4, -0.2) is 23.8 Å². The van der Waals surface area contributed by atoms with Crippen molar-refractivity contribution in [1.29, 1.82) is 0 Å². The first-order valence-corrected chi connectivity index (χ1v) is 10.1. The molecule has 0 radical (unpaired) electrons. The number of benzene rings is 2. The second-order valence-electron chi connectivity index (χ2n) is 6.73. The summed E-state index contributed by atoms with van der Waals surface area (Å²) < 4.78 is 5.30. The van der Waals surface area contributed by atoms with Gasteiger partial charge in [0.1, 0.15) is 16.2 Å². The molecule has 3 aromatic rings. The van der Waals surface area contributed by atoms with Gasteiger partial charge in [0, 0.05) is 0 Å². The Morgan fingerprint density at radius 3 is 2.35 bits per heavy atom. The van der Waals surface area contributed by atoms with E-state index in [0.717, 1.165) is 10.5 Å². The zero-order chi connectivity index (χ0) is 22.0. The predicted octanol–water partition coefficient (Wildman–Crippen LogP) is 3.94. The molecule has 1 fully saturated rings. The summed E-state index contributed by atoms with van der Waals surface area (Å²) in [6, 6.07) is 15.8. The number of barbiturate groups is 1. The monoisotopic (exact) mass is 432 g/mol. The molecule has 1 aliphatic heterocycles. The highest BCUT2D eigenvalue weighted by Gasteiger charge is 2.36. The minimum absolute atomic E-state index is 0.177. The molecule has 1 aliphatic rings. The molecule has 31 heavy (non-hydrogen) atoms. The maximum atomic E-state index is 12.9. The third-order valence-electron chi connectivity index (χ3n) is 4.52. The van der Waals surface area contributed by atoms with E-state index in [1.807, 2.05) is 6.92 Å². The molecule has 0 bridgehead atoms. The van der Waals surface area contributed by atoms with Crippen molar-refractivity contribution in [2.24, 2.45) is 0 Å². The Bertz CT molecular complexity index is 1200. The average molecular weight is 432 g/mol. The third-order valence-corrected chi connectivity index (χ3v) is 5.37. The second-order valence-corrected chi connectivity index (χ2v) is 7.68. The van der Waals surface area contributed by atoms with E-state index in [1.54, 1.807) is 66.0 Å². The maximum Gasteiger partial charge on any atom is 0.353 e. The fraction of sp³-hybridized carbons (Fsp3) is 0.0435. The molecule has 1 saturated heterocycles. The minimum Gasteiger partial charge on any atom is -0.422 e. The molecule has 0 unspecified atom stereocenters. The van der Waals surface area contributed by atoms with Crippen LogP contribution >= 0.6 is 11.3 Å². The van der Waals surface area contributed by atoms with E-state index in [4.69, 9.17) is 4.74 Å². The van der Waals surface area contributed by atoms with E-state index in [9.17, 15) is 19.2 Å². The number of rotatable bonds is 4. The highest BCUT2D eigenvalue weighted by atomic mass is 32.1. The van der Waals surface area contributed by atoms with Crippen molar-refractivity contribution in [3.8, 4) is 5.75 Å². The number of amides is 4. The molecule has 8 heteroatoms. The van der Waals surface area contributed by atoms with Gasteiger partial charge in [-0.3, -0.25) is 14.9 Å². The molecule has 1 N–H and O–H groups in total. The molecule has 0 spiro atoms. The van der Waals surface area contributed by atoms with Crippen LogP contribution in [0.25, 0.3) is 6.08 Å². The SMILES string of the molecule is Cc1ccc(N2C(=O)NC(=O)/C(=C/c3ccc(OC(=O)c4cccs4)cc3)C2=O)cc1. The maximum absolute atomic E-state index is 12.9.